The van der Waals surface area contributed by atoms with E-state index in [1.165, 1.54) is 35.6 Å². The summed E-state index contributed by atoms with van der Waals surface area (Å²) in [7, 11) is 0. The van der Waals surface area contributed by atoms with Gasteiger partial charge in [-0.25, -0.2) is 0 Å². The van der Waals surface area contributed by atoms with Crippen LogP contribution in [0.25, 0.3) is 10.8 Å². The number of piperidine rings is 1. The number of carbonyl (C=O) groups excluding carboxylic acids is 1. The highest BCUT2D eigenvalue weighted by molar-refractivity contribution is 5.85. The predicted octanol–water partition coefficient (Wildman–Crippen LogP) is 3.80. The Morgan fingerprint density at radius 3 is 2.52 bits per heavy atom. The van der Waals surface area contributed by atoms with Gasteiger partial charge in [-0.15, -0.1) is 12.4 Å². The van der Waals surface area contributed by atoms with Gasteiger partial charge in [-0.3, -0.25) is 4.79 Å². The number of nitrogens with zero attached hydrogens (tertiary/aromatic N) is 1. The van der Waals surface area contributed by atoms with Gasteiger partial charge in [0.2, 0.25) is 5.91 Å². The van der Waals surface area contributed by atoms with E-state index in [0.29, 0.717) is 17.7 Å². The molecule has 1 N–H and O–H groups in total. The molecule has 1 spiro atoms. The molecule has 2 fully saturated rings. The van der Waals surface area contributed by atoms with Crippen LogP contribution in [0.15, 0.2) is 42.5 Å². The van der Waals surface area contributed by atoms with E-state index in [2.05, 4.69) is 52.7 Å². The number of rotatable bonds is 3. The number of benzene rings is 2. The third-order valence-corrected chi connectivity index (χ3v) is 5.95. The molecule has 2 aliphatic rings. The van der Waals surface area contributed by atoms with Gasteiger partial charge in [0.05, 0.1) is 0 Å². The van der Waals surface area contributed by atoms with E-state index in [-0.39, 0.29) is 12.4 Å². The molecule has 0 aliphatic carbocycles. The van der Waals surface area contributed by atoms with Crippen LogP contribution >= 0.6 is 12.4 Å². The van der Waals surface area contributed by atoms with Crippen molar-refractivity contribution in [2.24, 2.45) is 5.41 Å². The molecule has 0 radical (unpaired) electrons. The Hall–Kier alpha value is -1.58. The van der Waals surface area contributed by atoms with Gasteiger partial charge in [-0.05, 0) is 54.0 Å². The minimum atomic E-state index is 0. The zero-order valence-corrected chi connectivity index (χ0v) is 15.5. The first-order valence-corrected chi connectivity index (χ1v) is 9.20. The van der Waals surface area contributed by atoms with Crippen molar-refractivity contribution in [2.75, 3.05) is 26.2 Å². The molecule has 2 heterocycles. The number of hydrogen-bond acceptors (Lipinski definition) is 2. The molecule has 4 rings (SSSR count). The first-order valence-electron chi connectivity index (χ1n) is 9.20. The van der Waals surface area contributed by atoms with E-state index in [0.717, 1.165) is 32.6 Å². The smallest absolute Gasteiger partial charge is 0.222 e. The van der Waals surface area contributed by atoms with Crippen LogP contribution in [0.2, 0.25) is 0 Å². The lowest BCUT2D eigenvalue weighted by molar-refractivity contribution is -0.133. The third-order valence-electron chi connectivity index (χ3n) is 5.95. The number of hydrogen-bond donors (Lipinski definition) is 1. The highest BCUT2D eigenvalue weighted by Gasteiger charge is 2.37. The SMILES string of the molecule is Cl.O=C(CCc1ccc2ccccc2c1)N1CCC2(CCNC2)CC1. The van der Waals surface area contributed by atoms with Crippen molar-refractivity contribution < 1.29 is 4.79 Å². The number of amides is 1. The van der Waals surface area contributed by atoms with E-state index < -0.39 is 0 Å². The monoisotopic (exact) mass is 358 g/mol. The lowest BCUT2D eigenvalue weighted by Crippen LogP contribution is -2.44. The summed E-state index contributed by atoms with van der Waals surface area (Å²) in [5, 5.41) is 6.01. The second-order valence-corrected chi connectivity index (χ2v) is 7.49. The van der Waals surface area contributed by atoms with Crippen molar-refractivity contribution in [3.05, 3.63) is 48.0 Å². The first kappa shape index (κ1) is 18.2. The molecular formula is C21H27ClN2O. The van der Waals surface area contributed by atoms with Gasteiger partial charge in [0, 0.05) is 26.1 Å². The number of carbonyl (C=O) groups is 1. The van der Waals surface area contributed by atoms with Crippen LogP contribution < -0.4 is 5.32 Å². The molecule has 25 heavy (non-hydrogen) atoms. The summed E-state index contributed by atoms with van der Waals surface area (Å²) in [6.45, 7) is 4.18. The number of nitrogens with one attached hydrogen (secondary N) is 1. The van der Waals surface area contributed by atoms with Crippen LogP contribution in [-0.2, 0) is 11.2 Å². The van der Waals surface area contributed by atoms with Crippen molar-refractivity contribution in [2.45, 2.75) is 32.1 Å². The van der Waals surface area contributed by atoms with Crippen LogP contribution in [0.5, 0.6) is 0 Å². The normalized spacial score (nSPS) is 19.1. The molecule has 2 aromatic carbocycles. The summed E-state index contributed by atoms with van der Waals surface area (Å²) in [6.07, 6.45) is 5.09. The van der Waals surface area contributed by atoms with E-state index in [1.807, 2.05) is 0 Å². The molecule has 0 atom stereocenters. The molecule has 0 aromatic heterocycles. The van der Waals surface area contributed by atoms with Gasteiger partial charge in [-0.1, -0.05) is 42.5 Å². The van der Waals surface area contributed by atoms with Crippen LogP contribution in [0.4, 0.5) is 0 Å². The van der Waals surface area contributed by atoms with E-state index in [9.17, 15) is 4.79 Å². The van der Waals surface area contributed by atoms with Crippen molar-refractivity contribution in [3.63, 3.8) is 0 Å². The maximum atomic E-state index is 12.5. The maximum Gasteiger partial charge on any atom is 0.222 e. The van der Waals surface area contributed by atoms with Crippen LogP contribution in [0.3, 0.4) is 0 Å². The molecule has 134 valence electrons. The molecule has 1 amide bonds. The summed E-state index contributed by atoms with van der Waals surface area (Å²) < 4.78 is 0. The molecule has 0 bridgehead atoms. The molecule has 4 heteroatoms. The van der Waals surface area contributed by atoms with Crippen molar-refractivity contribution >= 4 is 29.1 Å². The second-order valence-electron chi connectivity index (χ2n) is 7.49. The molecule has 0 saturated carbocycles. The maximum absolute atomic E-state index is 12.5. The average Bonchev–Trinajstić information content (AvgIpc) is 3.08. The second kappa shape index (κ2) is 7.76. The van der Waals surface area contributed by atoms with Gasteiger partial charge in [0.15, 0.2) is 0 Å². The fraction of sp³-hybridized carbons (Fsp3) is 0.476. The fourth-order valence-electron chi connectivity index (χ4n) is 4.26. The van der Waals surface area contributed by atoms with E-state index in [1.54, 1.807) is 0 Å². The summed E-state index contributed by atoms with van der Waals surface area (Å²) in [4.78, 5) is 14.6. The van der Waals surface area contributed by atoms with Crippen molar-refractivity contribution in [1.82, 2.24) is 10.2 Å². The van der Waals surface area contributed by atoms with Gasteiger partial charge in [-0.2, -0.15) is 0 Å². The molecule has 2 saturated heterocycles. The Balaban J connectivity index is 0.00000182. The topological polar surface area (TPSA) is 32.3 Å². The molecule has 0 unspecified atom stereocenters. The zero-order chi connectivity index (χ0) is 16.4. The first-order chi connectivity index (χ1) is 11.7. The van der Waals surface area contributed by atoms with Crippen molar-refractivity contribution in [1.29, 1.82) is 0 Å². The third kappa shape index (κ3) is 3.99. The predicted molar refractivity (Wildman–Crippen MR) is 105 cm³/mol. The van der Waals surface area contributed by atoms with E-state index in [4.69, 9.17) is 0 Å². The molecule has 2 aromatic rings. The summed E-state index contributed by atoms with van der Waals surface area (Å²) in [6, 6.07) is 14.9. The van der Waals surface area contributed by atoms with Gasteiger partial charge in [0.1, 0.15) is 0 Å². The Bertz CT molecular complexity index is 730. The Morgan fingerprint density at radius 1 is 1.04 bits per heavy atom. The van der Waals surface area contributed by atoms with Gasteiger partial charge >= 0.3 is 0 Å². The highest BCUT2D eigenvalue weighted by atomic mass is 35.5. The number of likely N-dealkylation sites (tertiary alicyclic amines) is 1. The van der Waals surface area contributed by atoms with Crippen LogP contribution in [-0.4, -0.2) is 37.0 Å². The lowest BCUT2D eigenvalue weighted by atomic mass is 9.78. The van der Waals surface area contributed by atoms with Gasteiger partial charge in [0.25, 0.3) is 0 Å². The molecule has 3 nitrogen and oxygen atoms in total. The number of halogens is 1. The summed E-state index contributed by atoms with van der Waals surface area (Å²) >= 11 is 0. The minimum absolute atomic E-state index is 0. The Labute approximate surface area is 156 Å². The minimum Gasteiger partial charge on any atom is -0.343 e. The fourth-order valence-corrected chi connectivity index (χ4v) is 4.26. The largest absolute Gasteiger partial charge is 0.343 e. The lowest BCUT2D eigenvalue weighted by Gasteiger charge is -2.39. The summed E-state index contributed by atoms with van der Waals surface area (Å²) in [5.41, 5.74) is 1.74. The van der Waals surface area contributed by atoms with Gasteiger partial charge < -0.3 is 10.2 Å². The summed E-state index contributed by atoms with van der Waals surface area (Å²) in [5.74, 6) is 0.323. The Morgan fingerprint density at radius 2 is 1.80 bits per heavy atom. The van der Waals surface area contributed by atoms with Crippen LogP contribution in [0, 0.1) is 5.41 Å². The highest BCUT2D eigenvalue weighted by Crippen LogP contribution is 2.37. The zero-order valence-electron chi connectivity index (χ0n) is 14.7. The quantitative estimate of drug-likeness (QED) is 0.905. The molecule has 2 aliphatic heterocycles. The standard InChI is InChI=1S/C21H26N2O.ClH/c24-20(23-13-10-21(11-14-23)9-12-22-16-21)8-6-17-5-7-18-3-1-2-4-19(18)15-17;/h1-5,7,15,22H,6,8-14,16H2;1H. The number of fused-ring (bicyclic) bond motifs is 1. The number of aryl methyl sites for hydroxylation is 1. The molecular weight excluding hydrogens is 332 g/mol. The Kier molecular flexibility index (Phi) is 5.65. The van der Waals surface area contributed by atoms with Crippen molar-refractivity contribution in [3.8, 4) is 0 Å². The van der Waals surface area contributed by atoms with E-state index >= 15 is 0 Å². The average molecular weight is 359 g/mol. The van der Waals surface area contributed by atoms with Crippen LogP contribution in [0.1, 0.15) is 31.2 Å².